The van der Waals surface area contributed by atoms with Crippen molar-refractivity contribution in [3.8, 4) is 0 Å². The highest BCUT2D eigenvalue weighted by molar-refractivity contribution is 6.17. The predicted octanol–water partition coefficient (Wildman–Crippen LogP) is 0.701. The van der Waals surface area contributed by atoms with E-state index in [4.69, 9.17) is 25.5 Å². The number of aromatic nitrogens is 2. The van der Waals surface area contributed by atoms with Crippen molar-refractivity contribution >= 4 is 17.6 Å². The van der Waals surface area contributed by atoms with Crippen LogP contribution in [0.15, 0.2) is 4.42 Å². The van der Waals surface area contributed by atoms with Crippen molar-refractivity contribution in [1.29, 1.82) is 0 Å². The van der Waals surface area contributed by atoms with Crippen molar-refractivity contribution in [2.45, 2.75) is 18.6 Å². The zero-order valence-corrected chi connectivity index (χ0v) is 10.7. The average molecular weight is 262 g/mol. The lowest BCUT2D eigenvalue weighted by Gasteiger charge is -2.13. The Morgan fingerprint density at radius 1 is 1.29 bits per heavy atom. The summed E-state index contributed by atoms with van der Waals surface area (Å²) in [6, 6.07) is 0.506. The number of halogens is 1. The second-order valence-corrected chi connectivity index (χ2v) is 4.25. The molecule has 1 aromatic heterocycles. The van der Waals surface area contributed by atoms with Gasteiger partial charge in [-0.1, -0.05) is 5.10 Å². The normalized spacial score (nSPS) is 24.5. The van der Waals surface area contributed by atoms with Gasteiger partial charge in [-0.3, -0.25) is 0 Å². The lowest BCUT2D eigenvalue weighted by Crippen LogP contribution is -2.27. The molecule has 7 heteroatoms. The molecule has 1 saturated heterocycles. The summed E-state index contributed by atoms with van der Waals surface area (Å²) in [5.41, 5.74) is 0. The molecular weight excluding hydrogens is 246 g/mol. The standard InChI is InChI=1S/C10H16ClN3O3/c1-15-7-5-14(6-8(7)16-2)10-13-12-9(17-10)3-4-11/h7-8H,3-6H2,1-2H3. The maximum Gasteiger partial charge on any atom is 0.318 e. The second-order valence-electron chi connectivity index (χ2n) is 3.87. The SMILES string of the molecule is COC1CN(c2nnc(CCCl)o2)CC1OC. The molecule has 0 amide bonds. The summed E-state index contributed by atoms with van der Waals surface area (Å²) in [6.07, 6.45) is 0.649. The van der Waals surface area contributed by atoms with Gasteiger partial charge < -0.3 is 18.8 Å². The molecule has 0 N–H and O–H groups in total. The average Bonchev–Trinajstić information content (AvgIpc) is 2.94. The molecule has 2 unspecified atom stereocenters. The van der Waals surface area contributed by atoms with Crippen LogP contribution in [-0.4, -0.2) is 55.6 Å². The van der Waals surface area contributed by atoms with Gasteiger partial charge in [-0.15, -0.1) is 16.7 Å². The molecule has 1 aliphatic rings. The largest absolute Gasteiger partial charge is 0.408 e. The Balaban J connectivity index is 2.02. The van der Waals surface area contributed by atoms with Crippen LogP contribution in [0.4, 0.5) is 6.01 Å². The molecule has 17 heavy (non-hydrogen) atoms. The monoisotopic (exact) mass is 261 g/mol. The maximum atomic E-state index is 5.61. The minimum Gasteiger partial charge on any atom is -0.408 e. The number of hydrogen-bond acceptors (Lipinski definition) is 6. The molecule has 0 aliphatic carbocycles. The number of rotatable bonds is 5. The van der Waals surface area contributed by atoms with E-state index in [9.17, 15) is 0 Å². The lowest BCUT2D eigenvalue weighted by molar-refractivity contribution is -0.00461. The van der Waals surface area contributed by atoms with Gasteiger partial charge in [0.05, 0.1) is 13.1 Å². The van der Waals surface area contributed by atoms with Gasteiger partial charge in [0.2, 0.25) is 5.89 Å². The zero-order chi connectivity index (χ0) is 12.3. The second kappa shape index (κ2) is 5.66. The number of aryl methyl sites for hydroxylation is 1. The summed E-state index contributed by atoms with van der Waals surface area (Å²) in [5, 5.41) is 7.92. The van der Waals surface area contributed by atoms with Gasteiger partial charge in [-0.05, 0) is 0 Å². The first-order valence-corrected chi connectivity index (χ1v) is 6.00. The molecule has 2 rings (SSSR count). The Bertz CT molecular complexity index is 348. The Hall–Kier alpha value is -0.850. The topological polar surface area (TPSA) is 60.6 Å². The van der Waals surface area contributed by atoms with Crippen LogP contribution in [-0.2, 0) is 15.9 Å². The minimum absolute atomic E-state index is 0.0309. The van der Waals surface area contributed by atoms with Crippen LogP contribution >= 0.6 is 11.6 Å². The summed E-state index contributed by atoms with van der Waals surface area (Å²) in [7, 11) is 3.35. The summed E-state index contributed by atoms with van der Waals surface area (Å²) in [4.78, 5) is 1.97. The third-order valence-corrected chi connectivity index (χ3v) is 3.04. The highest BCUT2D eigenvalue weighted by Crippen LogP contribution is 2.22. The van der Waals surface area contributed by atoms with Crippen molar-refractivity contribution < 1.29 is 13.9 Å². The highest BCUT2D eigenvalue weighted by atomic mass is 35.5. The number of ether oxygens (including phenoxy) is 2. The van der Waals surface area contributed by atoms with Crippen molar-refractivity contribution in [3.05, 3.63) is 5.89 Å². The summed E-state index contributed by atoms with van der Waals surface area (Å²) in [5.74, 6) is 1.04. The van der Waals surface area contributed by atoms with Crippen LogP contribution in [0.25, 0.3) is 0 Å². The first kappa shape index (κ1) is 12.6. The van der Waals surface area contributed by atoms with Crippen molar-refractivity contribution in [2.24, 2.45) is 0 Å². The fourth-order valence-corrected chi connectivity index (χ4v) is 2.07. The molecular formula is C10H16ClN3O3. The minimum atomic E-state index is 0.0309. The van der Waals surface area contributed by atoms with Crippen molar-refractivity contribution in [2.75, 3.05) is 38.1 Å². The van der Waals surface area contributed by atoms with E-state index in [1.165, 1.54) is 0 Å². The Morgan fingerprint density at radius 3 is 2.47 bits per heavy atom. The van der Waals surface area contributed by atoms with Gasteiger partial charge in [-0.25, -0.2) is 0 Å². The first-order valence-electron chi connectivity index (χ1n) is 5.47. The molecule has 1 aliphatic heterocycles. The number of hydrogen-bond donors (Lipinski definition) is 0. The van der Waals surface area contributed by atoms with E-state index in [1.807, 2.05) is 4.90 Å². The van der Waals surface area contributed by atoms with Gasteiger partial charge in [0.1, 0.15) is 12.2 Å². The molecule has 0 bridgehead atoms. The third kappa shape index (κ3) is 2.70. The fourth-order valence-electron chi connectivity index (χ4n) is 1.91. The molecule has 2 heterocycles. The third-order valence-electron chi connectivity index (χ3n) is 2.86. The predicted molar refractivity (Wildman–Crippen MR) is 62.5 cm³/mol. The first-order chi connectivity index (χ1) is 8.28. The van der Waals surface area contributed by atoms with Crippen molar-refractivity contribution in [1.82, 2.24) is 10.2 Å². The molecule has 6 nitrogen and oxygen atoms in total. The molecule has 1 aromatic rings. The number of methoxy groups -OCH3 is 2. The lowest BCUT2D eigenvalue weighted by atomic mass is 10.3. The number of nitrogens with zero attached hydrogens (tertiary/aromatic N) is 3. The van der Waals surface area contributed by atoms with Gasteiger partial charge in [0.15, 0.2) is 0 Å². The highest BCUT2D eigenvalue weighted by Gasteiger charge is 2.35. The van der Waals surface area contributed by atoms with Crippen LogP contribution in [0, 0.1) is 0 Å². The van der Waals surface area contributed by atoms with Crippen LogP contribution < -0.4 is 4.90 Å². The molecule has 1 fully saturated rings. The molecule has 0 saturated carbocycles. The van der Waals surface area contributed by atoms with E-state index in [2.05, 4.69) is 10.2 Å². The van der Waals surface area contributed by atoms with E-state index in [-0.39, 0.29) is 12.2 Å². The molecule has 96 valence electrons. The van der Waals surface area contributed by atoms with E-state index in [0.717, 1.165) is 0 Å². The zero-order valence-electron chi connectivity index (χ0n) is 9.93. The van der Waals surface area contributed by atoms with Crippen LogP contribution in [0.1, 0.15) is 5.89 Å². The van der Waals surface area contributed by atoms with Gasteiger partial charge >= 0.3 is 6.01 Å². The summed E-state index contributed by atoms with van der Waals surface area (Å²) in [6.45, 7) is 1.38. The van der Waals surface area contributed by atoms with Crippen molar-refractivity contribution in [3.63, 3.8) is 0 Å². The van der Waals surface area contributed by atoms with E-state index in [1.54, 1.807) is 14.2 Å². The van der Waals surface area contributed by atoms with E-state index in [0.29, 0.717) is 37.3 Å². The van der Waals surface area contributed by atoms with Gasteiger partial charge in [0.25, 0.3) is 0 Å². The molecule has 2 atom stereocenters. The van der Waals surface area contributed by atoms with Crippen LogP contribution in [0.5, 0.6) is 0 Å². The molecule has 0 radical (unpaired) electrons. The quantitative estimate of drug-likeness (QED) is 0.728. The van der Waals surface area contributed by atoms with Gasteiger partial charge in [0, 0.05) is 26.5 Å². The summed E-state index contributed by atoms with van der Waals surface area (Å²) < 4.78 is 16.2. The number of alkyl halides is 1. The van der Waals surface area contributed by atoms with Gasteiger partial charge in [-0.2, -0.15) is 0 Å². The Kier molecular flexibility index (Phi) is 4.20. The molecule has 0 aromatic carbocycles. The van der Waals surface area contributed by atoms with Crippen LogP contribution in [0.3, 0.4) is 0 Å². The number of anilines is 1. The van der Waals surface area contributed by atoms with Crippen LogP contribution in [0.2, 0.25) is 0 Å². The molecule has 0 spiro atoms. The Morgan fingerprint density at radius 2 is 1.94 bits per heavy atom. The smallest absolute Gasteiger partial charge is 0.318 e. The van der Waals surface area contributed by atoms with E-state index >= 15 is 0 Å². The fraction of sp³-hybridized carbons (Fsp3) is 0.800. The Labute approximate surface area is 105 Å². The maximum absolute atomic E-state index is 5.61. The summed E-state index contributed by atoms with van der Waals surface area (Å²) >= 11 is 5.61. The van der Waals surface area contributed by atoms with E-state index < -0.39 is 0 Å².